The average molecular weight is 374 g/mol. The lowest BCUT2D eigenvalue weighted by molar-refractivity contribution is -0.140. The molecule has 0 saturated heterocycles. The molecule has 7 heteroatoms. The zero-order valence-electron chi connectivity index (χ0n) is 14.9. The molecule has 0 atom stereocenters. The van der Waals surface area contributed by atoms with Gasteiger partial charge in [-0.05, 0) is 25.5 Å². The fourth-order valence-corrected chi connectivity index (χ4v) is 2.74. The molecule has 0 spiro atoms. The minimum absolute atomic E-state index is 0.222. The topological polar surface area (TPSA) is 77.5 Å². The first-order valence-corrected chi connectivity index (χ1v) is 9.12. The van der Waals surface area contributed by atoms with Crippen molar-refractivity contribution in [2.75, 3.05) is 13.7 Å². The molecule has 1 heterocycles. The van der Waals surface area contributed by atoms with Crippen LogP contribution in [0.25, 0.3) is 6.08 Å². The Kier molecular flexibility index (Phi) is 7.82. The third kappa shape index (κ3) is 6.68. The maximum atomic E-state index is 11.9. The number of para-hydroxylation sites is 1. The predicted molar refractivity (Wildman–Crippen MR) is 101 cm³/mol. The van der Waals surface area contributed by atoms with E-state index >= 15 is 0 Å². The number of esters is 1. The van der Waals surface area contributed by atoms with Crippen LogP contribution in [0, 0.1) is 6.92 Å². The number of ether oxygens (including phenoxy) is 2. The SMILES string of the molecule is COC(=O)CCCNC(=O)/C=C/c1ccccc1OCc1csc(C)n1. The molecule has 0 unspecified atom stereocenters. The number of rotatable bonds is 9. The summed E-state index contributed by atoms with van der Waals surface area (Å²) in [6.45, 7) is 2.75. The Balaban J connectivity index is 1.85. The number of nitrogens with one attached hydrogen (secondary N) is 1. The second-order valence-electron chi connectivity index (χ2n) is 5.49. The summed E-state index contributed by atoms with van der Waals surface area (Å²) >= 11 is 1.58. The van der Waals surface area contributed by atoms with Gasteiger partial charge in [-0.2, -0.15) is 0 Å². The Hall–Kier alpha value is -2.67. The lowest BCUT2D eigenvalue weighted by Gasteiger charge is -2.07. The van der Waals surface area contributed by atoms with Crippen LogP contribution in [0.15, 0.2) is 35.7 Å². The Morgan fingerprint density at radius 1 is 1.31 bits per heavy atom. The zero-order chi connectivity index (χ0) is 18.8. The number of methoxy groups -OCH3 is 1. The van der Waals surface area contributed by atoms with E-state index in [2.05, 4.69) is 15.0 Å². The molecule has 0 aliphatic rings. The third-order valence-corrected chi connectivity index (χ3v) is 4.28. The van der Waals surface area contributed by atoms with Gasteiger partial charge in [0.1, 0.15) is 12.4 Å². The largest absolute Gasteiger partial charge is 0.487 e. The highest BCUT2D eigenvalue weighted by molar-refractivity contribution is 7.09. The van der Waals surface area contributed by atoms with Gasteiger partial charge in [-0.15, -0.1) is 11.3 Å². The van der Waals surface area contributed by atoms with Crippen molar-refractivity contribution in [3.05, 3.63) is 52.0 Å². The molecule has 2 rings (SSSR count). The summed E-state index contributed by atoms with van der Waals surface area (Å²) in [6.07, 6.45) is 3.98. The monoisotopic (exact) mass is 374 g/mol. The van der Waals surface area contributed by atoms with E-state index < -0.39 is 0 Å². The Morgan fingerprint density at radius 2 is 2.12 bits per heavy atom. The van der Waals surface area contributed by atoms with Crippen LogP contribution < -0.4 is 10.1 Å². The van der Waals surface area contributed by atoms with Gasteiger partial charge in [0.05, 0.1) is 17.8 Å². The summed E-state index contributed by atoms with van der Waals surface area (Å²) in [4.78, 5) is 27.2. The van der Waals surface area contributed by atoms with E-state index in [-0.39, 0.29) is 18.3 Å². The van der Waals surface area contributed by atoms with Gasteiger partial charge >= 0.3 is 5.97 Å². The van der Waals surface area contributed by atoms with Crippen molar-refractivity contribution in [3.8, 4) is 5.75 Å². The highest BCUT2D eigenvalue weighted by Gasteiger charge is 2.04. The number of aromatic nitrogens is 1. The Bertz CT molecular complexity index is 770. The molecule has 1 aromatic heterocycles. The van der Waals surface area contributed by atoms with Gasteiger partial charge in [0, 0.05) is 30.0 Å². The van der Waals surface area contributed by atoms with E-state index in [0.717, 1.165) is 16.3 Å². The number of hydrogen-bond donors (Lipinski definition) is 1. The average Bonchev–Trinajstić information content (AvgIpc) is 3.07. The van der Waals surface area contributed by atoms with E-state index in [1.807, 2.05) is 36.6 Å². The molecule has 0 aliphatic carbocycles. The second kappa shape index (κ2) is 10.4. The molecule has 6 nitrogen and oxygen atoms in total. The zero-order valence-corrected chi connectivity index (χ0v) is 15.7. The number of carbonyl (C=O) groups excluding carboxylic acids is 2. The van der Waals surface area contributed by atoms with Gasteiger partial charge in [0.25, 0.3) is 0 Å². The predicted octanol–water partition coefficient (Wildman–Crippen LogP) is 3.11. The van der Waals surface area contributed by atoms with Crippen molar-refractivity contribution < 1.29 is 19.1 Å². The number of thiazole rings is 1. The van der Waals surface area contributed by atoms with Crippen LogP contribution in [0.3, 0.4) is 0 Å². The highest BCUT2D eigenvalue weighted by Crippen LogP contribution is 2.21. The van der Waals surface area contributed by atoms with E-state index in [0.29, 0.717) is 25.3 Å². The number of benzene rings is 1. The molecule has 0 radical (unpaired) electrons. The number of carbonyl (C=O) groups is 2. The fourth-order valence-electron chi connectivity index (χ4n) is 2.15. The van der Waals surface area contributed by atoms with Crippen molar-refractivity contribution in [2.45, 2.75) is 26.4 Å². The fraction of sp³-hybridized carbons (Fsp3) is 0.316. The van der Waals surface area contributed by atoms with E-state index in [1.54, 1.807) is 17.4 Å². The summed E-state index contributed by atoms with van der Waals surface area (Å²) < 4.78 is 10.4. The molecular weight excluding hydrogens is 352 g/mol. The number of aryl methyl sites for hydroxylation is 1. The summed E-state index contributed by atoms with van der Waals surface area (Å²) in [5.41, 5.74) is 1.69. The molecule has 1 N–H and O–H groups in total. The molecule has 1 aromatic carbocycles. The number of amides is 1. The summed E-state index contributed by atoms with van der Waals surface area (Å²) in [5.74, 6) is 0.184. The van der Waals surface area contributed by atoms with E-state index in [1.165, 1.54) is 13.2 Å². The van der Waals surface area contributed by atoms with Crippen LogP contribution in [0.5, 0.6) is 5.75 Å². The van der Waals surface area contributed by atoms with Gasteiger partial charge in [0.15, 0.2) is 0 Å². The first-order chi connectivity index (χ1) is 12.6. The molecule has 26 heavy (non-hydrogen) atoms. The van der Waals surface area contributed by atoms with Gasteiger partial charge in [0.2, 0.25) is 5.91 Å². The van der Waals surface area contributed by atoms with Crippen LogP contribution >= 0.6 is 11.3 Å². The highest BCUT2D eigenvalue weighted by atomic mass is 32.1. The molecule has 0 aliphatic heterocycles. The Morgan fingerprint density at radius 3 is 2.85 bits per heavy atom. The molecule has 1 amide bonds. The Labute approximate surface area is 156 Å². The van der Waals surface area contributed by atoms with Crippen molar-refractivity contribution in [1.29, 1.82) is 0 Å². The molecule has 138 valence electrons. The van der Waals surface area contributed by atoms with Gasteiger partial charge < -0.3 is 14.8 Å². The van der Waals surface area contributed by atoms with Gasteiger partial charge in [-0.1, -0.05) is 18.2 Å². The standard InChI is InChI=1S/C19H22N2O4S/c1-14-21-16(13-26-14)12-25-17-7-4-3-6-15(17)9-10-18(22)20-11-5-8-19(23)24-2/h3-4,6-7,9-10,13H,5,8,11-12H2,1-2H3,(H,20,22)/b10-9+. The van der Waals surface area contributed by atoms with Gasteiger partial charge in [-0.3, -0.25) is 9.59 Å². The van der Waals surface area contributed by atoms with Crippen molar-refractivity contribution in [2.24, 2.45) is 0 Å². The van der Waals surface area contributed by atoms with Crippen molar-refractivity contribution >= 4 is 29.3 Å². The number of nitrogens with zero attached hydrogens (tertiary/aromatic N) is 1. The maximum absolute atomic E-state index is 11.9. The summed E-state index contributed by atoms with van der Waals surface area (Å²) in [7, 11) is 1.35. The lowest BCUT2D eigenvalue weighted by atomic mass is 10.2. The normalized spacial score (nSPS) is 10.7. The second-order valence-corrected chi connectivity index (χ2v) is 6.55. The lowest BCUT2D eigenvalue weighted by Crippen LogP contribution is -2.22. The van der Waals surface area contributed by atoms with Crippen LogP contribution in [-0.4, -0.2) is 30.5 Å². The summed E-state index contributed by atoms with van der Waals surface area (Å²) in [5, 5.41) is 5.70. The minimum Gasteiger partial charge on any atom is -0.487 e. The molecule has 0 saturated carbocycles. The van der Waals surface area contributed by atoms with E-state index in [4.69, 9.17) is 4.74 Å². The number of hydrogen-bond acceptors (Lipinski definition) is 6. The van der Waals surface area contributed by atoms with Crippen LogP contribution in [0.4, 0.5) is 0 Å². The summed E-state index contributed by atoms with van der Waals surface area (Å²) in [6, 6.07) is 7.50. The van der Waals surface area contributed by atoms with Crippen LogP contribution in [0.2, 0.25) is 0 Å². The van der Waals surface area contributed by atoms with Crippen LogP contribution in [0.1, 0.15) is 29.1 Å². The maximum Gasteiger partial charge on any atom is 0.305 e. The minimum atomic E-state index is -0.281. The smallest absolute Gasteiger partial charge is 0.305 e. The molecule has 2 aromatic rings. The first kappa shape index (κ1) is 19.7. The molecular formula is C19H22N2O4S. The quantitative estimate of drug-likeness (QED) is 0.415. The van der Waals surface area contributed by atoms with Crippen LogP contribution in [-0.2, 0) is 20.9 Å². The third-order valence-electron chi connectivity index (χ3n) is 3.46. The van der Waals surface area contributed by atoms with Crippen molar-refractivity contribution in [1.82, 2.24) is 10.3 Å². The van der Waals surface area contributed by atoms with Gasteiger partial charge in [-0.25, -0.2) is 4.98 Å². The van der Waals surface area contributed by atoms with E-state index in [9.17, 15) is 9.59 Å². The first-order valence-electron chi connectivity index (χ1n) is 8.24. The molecule has 0 bridgehead atoms. The van der Waals surface area contributed by atoms with Crippen molar-refractivity contribution in [3.63, 3.8) is 0 Å². The molecule has 0 fully saturated rings.